The molecule has 1 fully saturated rings. The van der Waals surface area contributed by atoms with Gasteiger partial charge in [0.05, 0.1) is 13.0 Å². The molecule has 1 saturated heterocycles. The molecule has 0 bridgehead atoms. The van der Waals surface area contributed by atoms with E-state index in [-0.39, 0.29) is 18.3 Å². The highest BCUT2D eigenvalue weighted by Gasteiger charge is 2.48. The average Bonchev–Trinajstić information content (AvgIpc) is 3.08. The molecule has 2 aromatic rings. The van der Waals surface area contributed by atoms with E-state index < -0.39 is 11.2 Å². The molecular formula is C24H27NO5. The Bertz CT molecular complexity index is 950. The molecule has 6 nitrogen and oxygen atoms in total. The maximum absolute atomic E-state index is 13.1. The summed E-state index contributed by atoms with van der Waals surface area (Å²) in [5.41, 5.74) is 0.238. The van der Waals surface area contributed by atoms with E-state index in [2.05, 4.69) is 0 Å². The van der Waals surface area contributed by atoms with Crippen molar-refractivity contribution < 1.29 is 23.8 Å². The molecule has 158 valence electrons. The van der Waals surface area contributed by atoms with Crippen LogP contribution >= 0.6 is 0 Å². The minimum Gasteiger partial charge on any atom is -0.488 e. The number of amides is 1. The summed E-state index contributed by atoms with van der Waals surface area (Å²) in [6.45, 7) is 6.73. The number of Topliss-reactive ketones (excluding diaryl/α,β-unsaturated/α-hetero) is 1. The number of hydrogen-bond acceptors (Lipinski definition) is 5. The number of benzene rings is 2. The van der Waals surface area contributed by atoms with Crippen LogP contribution in [0, 0.1) is 0 Å². The van der Waals surface area contributed by atoms with E-state index in [4.69, 9.17) is 14.2 Å². The van der Waals surface area contributed by atoms with E-state index in [0.29, 0.717) is 43.2 Å². The molecule has 0 saturated carbocycles. The Morgan fingerprint density at radius 3 is 2.63 bits per heavy atom. The lowest BCUT2D eigenvalue weighted by atomic mass is 9.89. The Morgan fingerprint density at radius 2 is 1.90 bits per heavy atom. The zero-order valence-corrected chi connectivity index (χ0v) is 17.6. The van der Waals surface area contributed by atoms with E-state index in [1.807, 2.05) is 57.2 Å². The number of carbonyl (C=O) groups is 2. The third kappa shape index (κ3) is 4.27. The third-order valence-corrected chi connectivity index (χ3v) is 5.28. The molecule has 6 heteroatoms. The van der Waals surface area contributed by atoms with Crippen molar-refractivity contribution in [1.82, 2.24) is 4.90 Å². The molecule has 1 amide bonds. The number of rotatable bonds is 3. The normalized spacial score (nSPS) is 20.6. The zero-order chi connectivity index (χ0) is 21.4. The van der Waals surface area contributed by atoms with Gasteiger partial charge < -0.3 is 19.1 Å². The highest BCUT2D eigenvalue weighted by molar-refractivity contribution is 6.03. The number of likely N-dealkylation sites (tertiary alicyclic amines) is 1. The first-order chi connectivity index (χ1) is 14.2. The van der Waals surface area contributed by atoms with Crippen molar-refractivity contribution in [3.05, 3.63) is 59.7 Å². The fraction of sp³-hybridized carbons (Fsp3) is 0.417. The highest BCUT2D eigenvalue weighted by Crippen LogP contribution is 2.42. The lowest BCUT2D eigenvalue weighted by Gasteiger charge is -2.35. The number of ether oxygens (including phenoxy) is 3. The summed E-state index contributed by atoms with van der Waals surface area (Å²) in [6.07, 6.45) is 0.429. The maximum atomic E-state index is 13.1. The Hall–Kier alpha value is -3.02. The Morgan fingerprint density at radius 1 is 1.13 bits per heavy atom. The quantitative estimate of drug-likeness (QED) is 0.741. The topological polar surface area (TPSA) is 65.1 Å². The van der Waals surface area contributed by atoms with Gasteiger partial charge in [-0.3, -0.25) is 4.79 Å². The summed E-state index contributed by atoms with van der Waals surface area (Å²) in [7, 11) is 0. The molecule has 1 spiro atoms. The standard InChI is InChI=1S/C24H27NO5/c1-23(2,3)30-22(27)25-13-12-24(16-25)14-18(26)21-19(10-7-11-20(21)29-24)28-15-17-8-5-4-6-9-17/h4-11H,12-16H2,1-3H3/t24-/m1/s1. The van der Waals surface area contributed by atoms with Crippen LogP contribution in [-0.2, 0) is 11.3 Å². The lowest BCUT2D eigenvalue weighted by Crippen LogP contribution is -2.46. The van der Waals surface area contributed by atoms with Crippen molar-refractivity contribution in [3.8, 4) is 11.5 Å². The number of ketones is 1. The van der Waals surface area contributed by atoms with Crippen LogP contribution in [0.15, 0.2) is 48.5 Å². The molecule has 2 aliphatic rings. The van der Waals surface area contributed by atoms with Crippen molar-refractivity contribution in [3.63, 3.8) is 0 Å². The van der Waals surface area contributed by atoms with E-state index in [1.54, 1.807) is 17.0 Å². The number of fused-ring (bicyclic) bond motifs is 1. The summed E-state index contributed by atoms with van der Waals surface area (Å²) in [4.78, 5) is 27.1. The van der Waals surface area contributed by atoms with Gasteiger partial charge in [0.2, 0.25) is 0 Å². The van der Waals surface area contributed by atoms with Crippen molar-refractivity contribution in [2.75, 3.05) is 13.1 Å². The van der Waals surface area contributed by atoms with Gasteiger partial charge in [0.15, 0.2) is 5.78 Å². The molecule has 0 unspecified atom stereocenters. The fourth-order valence-electron chi connectivity index (χ4n) is 3.93. The summed E-state index contributed by atoms with van der Waals surface area (Å²) in [6, 6.07) is 15.2. The summed E-state index contributed by atoms with van der Waals surface area (Å²) in [5, 5.41) is 0. The second kappa shape index (κ2) is 7.67. The van der Waals surface area contributed by atoms with Gasteiger partial charge in [-0.25, -0.2) is 4.79 Å². The fourth-order valence-corrected chi connectivity index (χ4v) is 3.93. The van der Waals surface area contributed by atoms with E-state index in [1.165, 1.54) is 0 Å². The Balaban J connectivity index is 1.49. The Kier molecular flexibility index (Phi) is 5.18. The van der Waals surface area contributed by atoms with E-state index in [0.717, 1.165) is 5.56 Å². The van der Waals surface area contributed by atoms with Crippen molar-refractivity contribution >= 4 is 11.9 Å². The summed E-state index contributed by atoms with van der Waals surface area (Å²) in [5.74, 6) is 1.02. The van der Waals surface area contributed by atoms with Gasteiger partial charge in [0.1, 0.15) is 34.9 Å². The van der Waals surface area contributed by atoms with Crippen LogP contribution in [0.25, 0.3) is 0 Å². The van der Waals surface area contributed by atoms with Gasteiger partial charge in [-0.05, 0) is 38.5 Å². The SMILES string of the molecule is CC(C)(C)OC(=O)N1CC[C@@]2(CC(=O)c3c(OCc4ccccc4)cccc3O2)C1. The van der Waals surface area contributed by atoms with Gasteiger partial charge in [0, 0.05) is 13.0 Å². The average molecular weight is 409 g/mol. The van der Waals surface area contributed by atoms with Crippen LogP contribution < -0.4 is 9.47 Å². The van der Waals surface area contributed by atoms with Gasteiger partial charge in [-0.15, -0.1) is 0 Å². The molecule has 0 aliphatic carbocycles. The Labute approximate surface area is 176 Å². The van der Waals surface area contributed by atoms with Gasteiger partial charge in [-0.2, -0.15) is 0 Å². The first-order valence-electron chi connectivity index (χ1n) is 10.2. The number of nitrogens with zero attached hydrogens (tertiary/aromatic N) is 1. The molecule has 0 aromatic heterocycles. The molecule has 0 radical (unpaired) electrons. The smallest absolute Gasteiger partial charge is 0.410 e. The lowest BCUT2D eigenvalue weighted by molar-refractivity contribution is 0.0169. The van der Waals surface area contributed by atoms with Gasteiger partial charge >= 0.3 is 6.09 Å². The summed E-state index contributed by atoms with van der Waals surface area (Å²) >= 11 is 0. The molecule has 2 aromatic carbocycles. The first-order valence-corrected chi connectivity index (χ1v) is 10.2. The van der Waals surface area contributed by atoms with E-state index >= 15 is 0 Å². The van der Waals surface area contributed by atoms with E-state index in [9.17, 15) is 9.59 Å². The van der Waals surface area contributed by atoms with Crippen LogP contribution in [0.3, 0.4) is 0 Å². The molecule has 1 atom stereocenters. The van der Waals surface area contributed by atoms with Crippen LogP contribution in [0.1, 0.15) is 49.5 Å². The molecule has 4 rings (SSSR count). The number of hydrogen-bond donors (Lipinski definition) is 0. The van der Waals surface area contributed by atoms with Crippen molar-refractivity contribution in [1.29, 1.82) is 0 Å². The van der Waals surface area contributed by atoms with Crippen LogP contribution in [0.5, 0.6) is 11.5 Å². The van der Waals surface area contributed by atoms with Crippen molar-refractivity contribution in [2.45, 2.75) is 51.4 Å². The van der Waals surface area contributed by atoms with Crippen molar-refractivity contribution in [2.24, 2.45) is 0 Å². The monoisotopic (exact) mass is 409 g/mol. The predicted octanol–water partition coefficient (Wildman–Crippen LogP) is 4.61. The van der Waals surface area contributed by atoms with Gasteiger partial charge in [0.25, 0.3) is 0 Å². The molecular weight excluding hydrogens is 382 g/mol. The minimum absolute atomic E-state index is 0.0223. The second-order valence-electron chi connectivity index (χ2n) is 8.94. The van der Waals surface area contributed by atoms with Crippen LogP contribution in [0.2, 0.25) is 0 Å². The first kappa shape index (κ1) is 20.3. The maximum Gasteiger partial charge on any atom is 0.410 e. The number of carbonyl (C=O) groups excluding carboxylic acids is 2. The third-order valence-electron chi connectivity index (χ3n) is 5.28. The van der Waals surface area contributed by atoms with Crippen LogP contribution in [-0.4, -0.2) is 41.1 Å². The van der Waals surface area contributed by atoms with Gasteiger partial charge in [-0.1, -0.05) is 36.4 Å². The molecule has 2 heterocycles. The molecule has 0 N–H and O–H groups in total. The zero-order valence-electron chi connectivity index (χ0n) is 17.6. The van der Waals surface area contributed by atoms with Crippen LogP contribution in [0.4, 0.5) is 4.79 Å². The largest absolute Gasteiger partial charge is 0.488 e. The highest BCUT2D eigenvalue weighted by atomic mass is 16.6. The summed E-state index contributed by atoms with van der Waals surface area (Å²) < 4.78 is 17.7. The molecule has 30 heavy (non-hydrogen) atoms. The second-order valence-corrected chi connectivity index (χ2v) is 8.94. The minimum atomic E-state index is -0.709. The predicted molar refractivity (Wildman–Crippen MR) is 112 cm³/mol. The molecule has 2 aliphatic heterocycles.